The van der Waals surface area contributed by atoms with E-state index in [-0.39, 0.29) is 12.0 Å². The molecule has 1 aromatic heterocycles. The fraction of sp³-hybridized carbons (Fsp3) is 0.312. The number of nitrogens with zero attached hydrogens (tertiary/aromatic N) is 3. The molecule has 0 unspecified atom stereocenters. The Balaban J connectivity index is 1.28. The summed E-state index contributed by atoms with van der Waals surface area (Å²) in [6.45, 7) is 7.51. The van der Waals surface area contributed by atoms with E-state index in [1.807, 2.05) is 23.1 Å². The van der Waals surface area contributed by atoms with Crippen LogP contribution in [0.3, 0.4) is 0 Å². The van der Waals surface area contributed by atoms with Gasteiger partial charge in [0.15, 0.2) is 0 Å². The topological polar surface area (TPSA) is 68.0 Å². The smallest absolute Gasteiger partial charge is 0.259 e. The highest BCUT2D eigenvalue weighted by atomic mass is 35.5. The molecule has 1 aliphatic rings. The summed E-state index contributed by atoms with van der Waals surface area (Å²) in [4.78, 5) is 17.8. The average molecular weight is 595 g/mol. The molecule has 0 aliphatic carbocycles. The van der Waals surface area contributed by atoms with E-state index in [0.717, 1.165) is 16.9 Å². The Hall–Kier alpha value is -3.36. The molecule has 1 aliphatic heterocycles. The van der Waals surface area contributed by atoms with Crippen molar-refractivity contribution in [3.05, 3.63) is 105 Å². The molecule has 1 atom stereocenters. The Morgan fingerprint density at radius 3 is 2.34 bits per heavy atom. The van der Waals surface area contributed by atoms with E-state index >= 15 is 0 Å². The van der Waals surface area contributed by atoms with Crippen molar-refractivity contribution >= 4 is 29.1 Å². The molecule has 9 heteroatoms. The third-order valence-electron chi connectivity index (χ3n) is 7.40. The van der Waals surface area contributed by atoms with Crippen molar-refractivity contribution in [2.75, 3.05) is 39.8 Å². The fourth-order valence-corrected chi connectivity index (χ4v) is 5.60. The average Bonchev–Trinajstić information content (AvgIpc) is 3.36. The molecule has 1 fully saturated rings. The first-order valence-corrected chi connectivity index (χ1v) is 14.3. The molecule has 0 radical (unpaired) electrons. The lowest BCUT2D eigenvalue weighted by Gasteiger charge is -2.36. The van der Waals surface area contributed by atoms with Crippen LogP contribution in [0.25, 0.3) is 11.3 Å². The first-order valence-electron chi connectivity index (χ1n) is 13.6. The van der Waals surface area contributed by atoms with Crippen LogP contribution >= 0.6 is 23.2 Å². The Kier molecular flexibility index (Phi) is 9.30. The molecule has 0 N–H and O–H groups in total. The van der Waals surface area contributed by atoms with Gasteiger partial charge in [0.2, 0.25) is 0 Å². The molecule has 1 amide bonds. The Morgan fingerprint density at radius 2 is 1.66 bits per heavy atom. The quantitative estimate of drug-likeness (QED) is 0.208. The summed E-state index contributed by atoms with van der Waals surface area (Å²) in [5, 5.41) is 4.98. The molecule has 3 aromatic carbocycles. The summed E-state index contributed by atoms with van der Waals surface area (Å²) in [6, 6.07) is 21.6. The molecule has 4 aromatic rings. The number of hydrogen-bond donors (Lipinski definition) is 0. The maximum absolute atomic E-state index is 13.7. The highest BCUT2D eigenvalue weighted by molar-refractivity contribution is 6.39. The molecule has 5 rings (SSSR count). The van der Waals surface area contributed by atoms with Crippen LogP contribution < -0.4 is 4.74 Å². The molecule has 2 heterocycles. The minimum Gasteiger partial charge on any atom is -0.497 e. The highest BCUT2D eigenvalue weighted by Crippen LogP contribution is 2.37. The van der Waals surface area contributed by atoms with Gasteiger partial charge in [-0.2, -0.15) is 0 Å². The number of carbonyl (C=O) groups is 1. The van der Waals surface area contributed by atoms with Crippen molar-refractivity contribution in [1.29, 1.82) is 0 Å². The summed E-state index contributed by atoms with van der Waals surface area (Å²) in [7, 11) is 1.67. The van der Waals surface area contributed by atoms with Crippen molar-refractivity contribution in [2.45, 2.75) is 26.6 Å². The van der Waals surface area contributed by atoms with Gasteiger partial charge in [-0.25, -0.2) is 0 Å². The molecule has 0 saturated carbocycles. The first-order chi connectivity index (χ1) is 19.8. The third-order valence-corrected chi connectivity index (χ3v) is 8.03. The van der Waals surface area contributed by atoms with Crippen LogP contribution in [0.2, 0.25) is 10.0 Å². The number of methoxy groups -OCH3 is 1. The van der Waals surface area contributed by atoms with E-state index in [0.29, 0.717) is 72.0 Å². The summed E-state index contributed by atoms with van der Waals surface area (Å²) in [5.74, 6) is 1.08. The van der Waals surface area contributed by atoms with Crippen molar-refractivity contribution in [2.24, 2.45) is 0 Å². The lowest BCUT2D eigenvalue weighted by molar-refractivity contribution is 0.00332. The molecular weight excluding hydrogens is 561 g/mol. The Bertz CT molecular complexity index is 1480. The van der Waals surface area contributed by atoms with Gasteiger partial charge >= 0.3 is 0 Å². The molecular formula is C32H33Cl2N3O4. The molecule has 0 bridgehead atoms. The number of rotatable bonds is 9. The van der Waals surface area contributed by atoms with Crippen molar-refractivity contribution in [3.63, 3.8) is 0 Å². The van der Waals surface area contributed by atoms with E-state index in [1.165, 1.54) is 5.56 Å². The van der Waals surface area contributed by atoms with Crippen LogP contribution in [0.15, 0.2) is 71.3 Å². The van der Waals surface area contributed by atoms with Gasteiger partial charge in [-0.3, -0.25) is 9.69 Å². The Labute approximate surface area is 250 Å². The molecule has 41 heavy (non-hydrogen) atoms. The normalized spacial score (nSPS) is 14.7. The maximum Gasteiger partial charge on any atom is 0.259 e. The monoisotopic (exact) mass is 593 g/mol. The van der Waals surface area contributed by atoms with Crippen LogP contribution in [-0.4, -0.2) is 60.7 Å². The van der Waals surface area contributed by atoms with Crippen LogP contribution in [-0.2, 0) is 11.3 Å². The zero-order chi connectivity index (χ0) is 28.9. The zero-order valence-corrected chi connectivity index (χ0v) is 24.9. The van der Waals surface area contributed by atoms with Gasteiger partial charge in [-0.1, -0.05) is 76.4 Å². The zero-order valence-electron chi connectivity index (χ0n) is 23.4. The maximum atomic E-state index is 13.7. The number of benzene rings is 3. The first kappa shape index (κ1) is 29.1. The van der Waals surface area contributed by atoms with Crippen molar-refractivity contribution in [1.82, 2.24) is 15.0 Å². The highest BCUT2D eigenvalue weighted by Gasteiger charge is 2.31. The molecule has 214 valence electrons. The lowest BCUT2D eigenvalue weighted by atomic mass is 10.0. The van der Waals surface area contributed by atoms with Crippen molar-refractivity contribution in [3.8, 4) is 17.0 Å². The fourth-order valence-electron chi connectivity index (χ4n) is 5.02. The van der Waals surface area contributed by atoms with Gasteiger partial charge in [-0.05, 0) is 49.2 Å². The van der Waals surface area contributed by atoms with E-state index in [2.05, 4.69) is 47.3 Å². The molecule has 7 nitrogen and oxygen atoms in total. The number of amides is 1. The summed E-state index contributed by atoms with van der Waals surface area (Å²) >= 11 is 12.9. The standard InChI is InChI=1S/C32H33Cl2N3O4/c1-21-10-12-23(13-11-21)20-40-28(24-6-4-7-25(18-24)39-3)19-36-14-16-37(17-15-36)32(38)29-22(2)41-35-31(29)30-26(33)8-5-9-27(30)34/h4-13,18,28H,14-17,19-20H2,1-3H3/t28-/m0/s1. The minimum absolute atomic E-state index is 0.144. The van der Waals surface area contributed by atoms with E-state index < -0.39 is 0 Å². The summed E-state index contributed by atoms with van der Waals surface area (Å²) in [5.41, 5.74) is 4.65. The second kappa shape index (κ2) is 13.1. The largest absolute Gasteiger partial charge is 0.497 e. The number of piperazine rings is 1. The lowest BCUT2D eigenvalue weighted by Crippen LogP contribution is -2.49. The van der Waals surface area contributed by atoms with E-state index in [4.69, 9.17) is 37.2 Å². The summed E-state index contributed by atoms with van der Waals surface area (Å²) < 4.78 is 17.4. The van der Waals surface area contributed by atoms with Crippen LogP contribution in [0, 0.1) is 13.8 Å². The van der Waals surface area contributed by atoms with Gasteiger partial charge < -0.3 is 18.9 Å². The predicted octanol–water partition coefficient (Wildman–Crippen LogP) is 6.99. The predicted molar refractivity (Wildman–Crippen MR) is 161 cm³/mol. The van der Waals surface area contributed by atoms with Gasteiger partial charge in [0, 0.05) is 38.3 Å². The van der Waals surface area contributed by atoms with Gasteiger partial charge in [-0.15, -0.1) is 0 Å². The number of carbonyl (C=O) groups excluding carboxylic acids is 1. The second-order valence-electron chi connectivity index (χ2n) is 10.2. The van der Waals surface area contributed by atoms with Gasteiger partial charge in [0.1, 0.15) is 22.8 Å². The summed E-state index contributed by atoms with van der Waals surface area (Å²) in [6.07, 6.45) is -0.164. The molecule has 1 saturated heterocycles. The SMILES string of the molecule is COc1cccc([C@H](CN2CCN(C(=O)c3c(-c4c(Cl)cccc4Cl)noc3C)CC2)OCc2ccc(C)cc2)c1. The number of halogens is 2. The number of aromatic nitrogens is 1. The third kappa shape index (κ3) is 6.76. The van der Waals surface area contributed by atoms with Gasteiger partial charge in [0.25, 0.3) is 5.91 Å². The van der Waals surface area contributed by atoms with Gasteiger partial charge in [0.05, 0.1) is 29.9 Å². The molecule has 0 spiro atoms. The number of aryl methyl sites for hydroxylation is 2. The van der Waals surface area contributed by atoms with Crippen LogP contribution in [0.5, 0.6) is 5.75 Å². The number of hydrogen-bond acceptors (Lipinski definition) is 6. The van der Waals surface area contributed by atoms with Crippen LogP contribution in [0.1, 0.15) is 38.9 Å². The second-order valence-corrected chi connectivity index (χ2v) is 11.0. The van der Waals surface area contributed by atoms with E-state index in [1.54, 1.807) is 32.2 Å². The Morgan fingerprint density at radius 1 is 0.976 bits per heavy atom. The van der Waals surface area contributed by atoms with Crippen molar-refractivity contribution < 1.29 is 18.8 Å². The minimum atomic E-state index is -0.164. The van der Waals surface area contributed by atoms with E-state index in [9.17, 15) is 4.79 Å². The van der Waals surface area contributed by atoms with Crippen LogP contribution in [0.4, 0.5) is 0 Å². The number of ether oxygens (including phenoxy) is 2.